The average molecular weight is 217 g/mol. The zero-order chi connectivity index (χ0) is 12.0. The molecule has 0 atom stereocenters. The van der Waals surface area contributed by atoms with Gasteiger partial charge in [0.05, 0.1) is 19.8 Å². The van der Waals surface area contributed by atoms with Crippen molar-refractivity contribution in [2.24, 2.45) is 0 Å². The first-order chi connectivity index (χ1) is 7.71. The van der Waals surface area contributed by atoms with Crippen LogP contribution in [0.3, 0.4) is 0 Å². The molecule has 1 aromatic carbocycles. The van der Waals surface area contributed by atoms with Crippen molar-refractivity contribution >= 4 is 12.0 Å². The van der Waals surface area contributed by atoms with E-state index in [4.69, 9.17) is 10.00 Å². The van der Waals surface area contributed by atoms with E-state index in [1.54, 1.807) is 24.3 Å². The molecule has 0 unspecified atom stereocenters. The predicted molar refractivity (Wildman–Crippen MR) is 58.8 cm³/mol. The molecule has 0 aromatic heterocycles. The van der Waals surface area contributed by atoms with E-state index in [0.29, 0.717) is 11.3 Å². The molecule has 0 heterocycles. The Morgan fingerprint density at radius 3 is 2.75 bits per heavy atom. The van der Waals surface area contributed by atoms with Gasteiger partial charge in [0, 0.05) is 6.08 Å². The molecule has 0 N–H and O–H groups in total. The van der Waals surface area contributed by atoms with Crippen molar-refractivity contribution in [2.45, 2.75) is 0 Å². The molecule has 0 fully saturated rings. The fourth-order valence-electron chi connectivity index (χ4n) is 1.15. The number of esters is 1. The highest BCUT2D eigenvalue weighted by Gasteiger charge is 2.02. The van der Waals surface area contributed by atoms with E-state index in [-0.39, 0.29) is 0 Å². The summed E-state index contributed by atoms with van der Waals surface area (Å²) < 4.78 is 9.46. The molecule has 4 heteroatoms. The van der Waals surface area contributed by atoms with Crippen LogP contribution >= 0.6 is 0 Å². The number of ether oxygens (including phenoxy) is 2. The molecule has 1 rings (SSSR count). The molecule has 0 bridgehead atoms. The molecule has 4 nitrogen and oxygen atoms in total. The van der Waals surface area contributed by atoms with Crippen molar-refractivity contribution in [1.82, 2.24) is 0 Å². The second-order valence-corrected chi connectivity index (χ2v) is 2.93. The molecule has 0 aliphatic rings. The Balaban J connectivity index is 2.97. The second kappa shape index (κ2) is 5.56. The van der Waals surface area contributed by atoms with Gasteiger partial charge in [-0.2, -0.15) is 5.26 Å². The lowest BCUT2D eigenvalue weighted by Gasteiger charge is -2.02. The maximum Gasteiger partial charge on any atom is 0.330 e. The summed E-state index contributed by atoms with van der Waals surface area (Å²) in [7, 11) is 2.81. The molecule has 0 radical (unpaired) electrons. The maximum absolute atomic E-state index is 10.9. The minimum Gasteiger partial charge on any atom is -0.495 e. The number of benzene rings is 1. The standard InChI is InChI=1S/C12H11NO3/c1-15-11-5-3-9(7-10(11)8-13)4-6-12(14)16-2/h3-7H,1-2H3/b6-4+. The van der Waals surface area contributed by atoms with E-state index in [1.807, 2.05) is 6.07 Å². The first kappa shape index (κ1) is 11.8. The summed E-state index contributed by atoms with van der Waals surface area (Å²) in [4.78, 5) is 10.9. The Bertz CT molecular complexity index is 458. The van der Waals surface area contributed by atoms with Gasteiger partial charge in [-0.15, -0.1) is 0 Å². The smallest absolute Gasteiger partial charge is 0.330 e. The maximum atomic E-state index is 10.9. The van der Waals surface area contributed by atoms with Crippen LogP contribution in [0.15, 0.2) is 24.3 Å². The molecule has 0 saturated carbocycles. The Kier molecular flexibility index (Phi) is 4.10. The Morgan fingerprint density at radius 1 is 1.44 bits per heavy atom. The molecular weight excluding hydrogens is 206 g/mol. The van der Waals surface area contributed by atoms with Crippen molar-refractivity contribution in [3.63, 3.8) is 0 Å². The van der Waals surface area contributed by atoms with Gasteiger partial charge in [-0.1, -0.05) is 6.07 Å². The topological polar surface area (TPSA) is 59.3 Å². The number of methoxy groups -OCH3 is 2. The fourth-order valence-corrected chi connectivity index (χ4v) is 1.15. The van der Waals surface area contributed by atoms with Crippen molar-refractivity contribution in [3.8, 4) is 11.8 Å². The summed E-state index contributed by atoms with van der Waals surface area (Å²) >= 11 is 0. The largest absolute Gasteiger partial charge is 0.495 e. The van der Waals surface area contributed by atoms with E-state index in [9.17, 15) is 4.79 Å². The van der Waals surface area contributed by atoms with Gasteiger partial charge in [-0.3, -0.25) is 0 Å². The highest BCUT2D eigenvalue weighted by atomic mass is 16.5. The molecule has 82 valence electrons. The zero-order valence-corrected chi connectivity index (χ0v) is 9.06. The molecule has 0 aliphatic carbocycles. The number of nitrogens with zero attached hydrogens (tertiary/aromatic N) is 1. The minimum absolute atomic E-state index is 0.425. The highest BCUT2D eigenvalue weighted by Crippen LogP contribution is 2.19. The molecule has 0 spiro atoms. The number of nitriles is 1. The van der Waals surface area contributed by atoms with Crippen LogP contribution in [0.25, 0.3) is 6.08 Å². The summed E-state index contributed by atoms with van der Waals surface area (Å²) in [6.45, 7) is 0. The Hall–Kier alpha value is -2.28. The summed E-state index contributed by atoms with van der Waals surface area (Å²) in [5.74, 6) is 0.0760. The van der Waals surface area contributed by atoms with E-state index in [0.717, 1.165) is 5.56 Å². The highest BCUT2D eigenvalue weighted by molar-refractivity contribution is 5.87. The van der Waals surface area contributed by atoms with Crippen LogP contribution in [0.1, 0.15) is 11.1 Å². The number of carbonyl (C=O) groups is 1. The van der Waals surface area contributed by atoms with Crippen LogP contribution in [0.4, 0.5) is 0 Å². The summed E-state index contributed by atoms with van der Waals surface area (Å²) in [5, 5.41) is 8.85. The van der Waals surface area contributed by atoms with Gasteiger partial charge in [0.2, 0.25) is 0 Å². The quantitative estimate of drug-likeness (QED) is 0.571. The molecule has 0 saturated heterocycles. The van der Waals surface area contributed by atoms with E-state index in [1.165, 1.54) is 20.3 Å². The monoisotopic (exact) mass is 217 g/mol. The van der Waals surface area contributed by atoms with Crippen molar-refractivity contribution in [3.05, 3.63) is 35.4 Å². The van der Waals surface area contributed by atoms with Gasteiger partial charge in [-0.05, 0) is 23.8 Å². The lowest BCUT2D eigenvalue weighted by atomic mass is 10.1. The lowest BCUT2D eigenvalue weighted by Crippen LogP contribution is -1.93. The predicted octanol–water partition coefficient (Wildman–Crippen LogP) is 1.75. The van der Waals surface area contributed by atoms with Crippen LogP contribution in [-0.4, -0.2) is 20.2 Å². The van der Waals surface area contributed by atoms with Crippen LogP contribution in [-0.2, 0) is 9.53 Å². The first-order valence-corrected chi connectivity index (χ1v) is 4.55. The van der Waals surface area contributed by atoms with Crippen molar-refractivity contribution in [1.29, 1.82) is 5.26 Å². The first-order valence-electron chi connectivity index (χ1n) is 4.55. The number of carbonyl (C=O) groups excluding carboxylic acids is 1. The third-order valence-electron chi connectivity index (χ3n) is 1.96. The van der Waals surface area contributed by atoms with Gasteiger partial charge in [0.1, 0.15) is 11.8 Å². The van der Waals surface area contributed by atoms with Crippen LogP contribution in [0, 0.1) is 11.3 Å². The SMILES string of the molecule is COC(=O)/C=C/c1ccc(OC)c(C#N)c1. The summed E-state index contributed by atoms with van der Waals surface area (Å²) in [6, 6.07) is 7.08. The molecule has 16 heavy (non-hydrogen) atoms. The second-order valence-electron chi connectivity index (χ2n) is 2.93. The van der Waals surface area contributed by atoms with E-state index < -0.39 is 5.97 Å². The van der Waals surface area contributed by atoms with Gasteiger partial charge >= 0.3 is 5.97 Å². The average Bonchev–Trinajstić information content (AvgIpc) is 2.35. The third kappa shape index (κ3) is 2.85. The van der Waals surface area contributed by atoms with E-state index >= 15 is 0 Å². The van der Waals surface area contributed by atoms with Crippen molar-refractivity contribution < 1.29 is 14.3 Å². The van der Waals surface area contributed by atoms with Crippen molar-refractivity contribution in [2.75, 3.05) is 14.2 Å². The van der Waals surface area contributed by atoms with Gasteiger partial charge in [0.25, 0.3) is 0 Å². The fraction of sp³-hybridized carbons (Fsp3) is 0.167. The van der Waals surface area contributed by atoms with Gasteiger partial charge in [-0.25, -0.2) is 4.79 Å². The number of hydrogen-bond acceptors (Lipinski definition) is 4. The van der Waals surface area contributed by atoms with Crippen LogP contribution < -0.4 is 4.74 Å². The Morgan fingerprint density at radius 2 is 2.19 bits per heavy atom. The molecule has 0 amide bonds. The Labute approximate surface area is 93.7 Å². The van der Waals surface area contributed by atoms with E-state index in [2.05, 4.69) is 4.74 Å². The van der Waals surface area contributed by atoms with Gasteiger partial charge in [0.15, 0.2) is 0 Å². The molecule has 1 aromatic rings. The zero-order valence-electron chi connectivity index (χ0n) is 9.06. The normalized spacial score (nSPS) is 9.81. The molecular formula is C12H11NO3. The molecule has 0 aliphatic heterocycles. The lowest BCUT2D eigenvalue weighted by molar-refractivity contribution is -0.134. The number of rotatable bonds is 3. The number of hydrogen-bond donors (Lipinski definition) is 0. The summed E-state index contributed by atoms with van der Waals surface area (Å²) in [6.07, 6.45) is 2.87. The minimum atomic E-state index is -0.436. The van der Waals surface area contributed by atoms with Crippen LogP contribution in [0.5, 0.6) is 5.75 Å². The van der Waals surface area contributed by atoms with Gasteiger partial charge < -0.3 is 9.47 Å². The van der Waals surface area contributed by atoms with Crippen LogP contribution in [0.2, 0.25) is 0 Å². The third-order valence-corrected chi connectivity index (χ3v) is 1.96. The summed E-state index contributed by atoms with van der Waals surface area (Å²) in [5.41, 5.74) is 1.16.